The summed E-state index contributed by atoms with van der Waals surface area (Å²) in [7, 11) is 0. The maximum Gasteiger partial charge on any atom is 0.0415 e. The van der Waals surface area contributed by atoms with Crippen molar-refractivity contribution in [2.75, 3.05) is 0 Å². The van der Waals surface area contributed by atoms with Crippen LogP contribution < -0.4 is 5.32 Å². The quantitative estimate of drug-likeness (QED) is 0.855. The molecule has 0 spiro atoms. The SMILES string of the molecule is CC.Cc1ccc(CNC2=CCCC=C2)cn1. The first-order chi connectivity index (χ1) is 8.34. The molecule has 1 heterocycles. The predicted octanol–water partition coefficient (Wildman–Crippen LogP) is 3.74. The molecule has 0 saturated heterocycles. The fraction of sp³-hybridized carbons (Fsp3) is 0.400. The van der Waals surface area contributed by atoms with Crippen molar-refractivity contribution in [3.05, 3.63) is 53.5 Å². The average Bonchev–Trinajstić information content (AvgIpc) is 2.42. The van der Waals surface area contributed by atoms with Crippen LogP contribution in [0.1, 0.15) is 37.9 Å². The van der Waals surface area contributed by atoms with Crippen LogP contribution in [0.2, 0.25) is 0 Å². The summed E-state index contributed by atoms with van der Waals surface area (Å²) in [6.07, 6.45) is 10.8. The van der Waals surface area contributed by atoms with Gasteiger partial charge in [-0.2, -0.15) is 0 Å². The van der Waals surface area contributed by atoms with Gasteiger partial charge in [0.1, 0.15) is 0 Å². The second-order valence-corrected chi connectivity index (χ2v) is 3.80. The third-order valence-corrected chi connectivity index (χ3v) is 2.46. The molecule has 1 N–H and O–H groups in total. The lowest BCUT2D eigenvalue weighted by molar-refractivity contribution is 0.807. The van der Waals surface area contributed by atoms with Crippen LogP contribution in [0.3, 0.4) is 0 Å². The number of nitrogens with one attached hydrogen (secondary N) is 1. The third kappa shape index (κ3) is 4.85. The van der Waals surface area contributed by atoms with Gasteiger partial charge in [-0.15, -0.1) is 0 Å². The minimum atomic E-state index is 0.851. The maximum atomic E-state index is 4.27. The molecule has 0 amide bonds. The van der Waals surface area contributed by atoms with Crippen LogP contribution in [0, 0.1) is 6.92 Å². The number of aromatic nitrogens is 1. The van der Waals surface area contributed by atoms with Gasteiger partial charge < -0.3 is 5.32 Å². The first-order valence-electron chi connectivity index (χ1n) is 6.37. The summed E-state index contributed by atoms with van der Waals surface area (Å²) in [6.45, 7) is 6.85. The molecule has 1 aromatic heterocycles. The second-order valence-electron chi connectivity index (χ2n) is 3.80. The van der Waals surface area contributed by atoms with Crippen molar-refractivity contribution < 1.29 is 0 Å². The van der Waals surface area contributed by atoms with E-state index in [4.69, 9.17) is 0 Å². The van der Waals surface area contributed by atoms with E-state index in [1.54, 1.807) is 0 Å². The molecule has 17 heavy (non-hydrogen) atoms. The highest BCUT2D eigenvalue weighted by atomic mass is 14.9. The van der Waals surface area contributed by atoms with Gasteiger partial charge in [0.25, 0.3) is 0 Å². The molecule has 0 saturated carbocycles. The van der Waals surface area contributed by atoms with E-state index in [9.17, 15) is 0 Å². The normalized spacial score (nSPS) is 13.5. The number of nitrogens with zero attached hydrogens (tertiary/aromatic N) is 1. The molecule has 0 radical (unpaired) electrons. The summed E-state index contributed by atoms with van der Waals surface area (Å²) in [4.78, 5) is 4.27. The van der Waals surface area contributed by atoms with E-state index in [0.29, 0.717) is 0 Å². The molecule has 1 aliphatic rings. The van der Waals surface area contributed by atoms with Crippen molar-refractivity contribution in [3.63, 3.8) is 0 Å². The van der Waals surface area contributed by atoms with Crippen LogP contribution in [0.5, 0.6) is 0 Å². The number of rotatable bonds is 3. The standard InChI is InChI=1S/C13H16N2.C2H6/c1-11-7-8-12(9-14-11)10-15-13-5-3-2-4-6-13;1-2/h3,5-9,15H,2,4,10H2,1H3;1-2H3. The topological polar surface area (TPSA) is 24.9 Å². The molecule has 0 unspecified atom stereocenters. The molecule has 0 atom stereocenters. The van der Waals surface area contributed by atoms with Crippen LogP contribution in [-0.4, -0.2) is 4.98 Å². The van der Waals surface area contributed by atoms with Gasteiger partial charge >= 0.3 is 0 Å². The average molecular weight is 230 g/mol. The van der Waals surface area contributed by atoms with E-state index >= 15 is 0 Å². The van der Waals surface area contributed by atoms with Gasteiger partial charge in [0.15, 0.2) is 0 Å². The zero-order chi connectivity index (χ0) is 12.5. The van der Waals surface area contributed by atoms with Gasteiger partial charge in [0.2, 0.25) is 0 Å². The van der Waals surface area contributed by atoms with E-state index < -0.39 is 0 Å². The van der Waals surface area contributed by atoms with E-state index in [1.165, 1.54) is 11.3 Å². The Morgan fingerprint density at radius 2 is 2.06 bits per heavy atom. The molecule has 0 bridgehead atoms. The summed E-state index contributed by atoms with van der Waals surface area (Å²) < 4.78 is 0. The summed E-state index contributed by atoms with van der Waals surface area (Å²) in [5, 5.41) is 3.39. The highest BCUT2D eigenvalue weighted by Crippen LogP contribution is 2.08. The van der Waals surface area contributed by atoms with Gasteiger partial charge in [-0.3, -0.25) is 4.98 Å². The molecule has 92 valence electrons. The minimum Gasteiger partial charge on any atom is -0.381 e. The smallest absolute Gasteiger partial charge is 0.0415 e. The van der Waals surface area contributed by atoms with Crippen LogP contribution in [0.15, 0.2) is 42.3 Å². The predicted molar refractivity (Wildman–Crippen MR) is 73.6 cm³/mol. The van der Waals surface area contributed by atoms with E-state index in [2.05, 4.69) is 34.6 Å². The van der Waals surface area contributed by atoms with Crippen molar-refractivity contribution in [2.45, 2.75) is 40.2 Å². The van der Waals surface area contributed by atoms with Crippen LogP contribution in [-0.2, 0) is 6.54 Å². The Labute approximate surface area is 104 Å². The molecular formula is C15H22N2. The van der Waals surface area contributed by atoms with E-state index in [-0.39, 0.29) is 0 Å². The van der Waals surface area contributed by atoms with Crippen molar-refractivity contribution >= 4 is 0 Å². The molecule has 2 rings (SSSR count). The lowest BCUT2D eigenvalue weighted by atomic mass is 10.1. The summed E-state index contributed by atoms with van der Waals surface area (Å²) in [5.41, 5.74) is 3.51. The fourth-order valence-corrected chi connectivity index (χ4v) is 1.55. The molecule has 2 nitrogen and oxygen atoms in total. The second kappa shape index (κ2) is 7.66. The first kappa shape index (κ1) is 13.5. The van der Waals surface area contributed by atoms with Gasteiger partial charge in [-0.25, -0.2) is 0 Å². The van der Waals surface area contributed by atoms with Gasteiger partial charge in [-0.1, -0.05) is 32.1 Å². The number of hydrogen-bond donors (Lipinski definition) is 1. The van der Waals surface area contributed by atoms with E-state index in [0.717, 1.165) is 25.1 Å². The molecule has 0 aliphatic heterocycles. The Balaban J connectivity index is 0.000000686. The Hall–Kier alpha value is -1.57. The Morgan fingerprint density at radius 1 is 1.24 bits per heavy atom. The first-order valence-corrected chi connectivity index (χ1v) is 6.37. The molecule has 0 aromatic carbocycles. The number of aryl methyl sites for hydroxylation is 1. The van der Waals surface area contributed by atoms with Crippen molar-refractivity contribution in [3.8, 4) is 0 Å². The van der Waals surface area contributed by atoms with Crippen molar-refractivity contribution in [1.82, 2.24) is 10.3 Å². The highest BCUT2D eigenvalue weighted by molar-refractivity contribution is 5.22. The van der Waals surface area contributed by atoms with Gasteiger partial charge in [0.05, 0.1) is 0 Å². The Kier molecular flexibility index (Phi) is 6.08. The Bertz CT molecular complexity index is 374. The van der Waals surface area contributed by atoms with Crippen LogP contribution >= 0.6 is 0 Å². The maximum absolute atomic E-state index is 4.27. The number of hydrogen-bond acceptors (Lipinski definition) is 2. The zero-order valence-corrected chi connectivity index (χ0v) is 11.0. The lowest BCUT2D eigenvalue weighted by Gasteiger charge is -2.10. The molecule has 1 aliphatic carbocycles. The summed E-state index contributed by atoms with van der Waals surface area (Å²) >= 11 is 0. The van der Waals surface area contributed by atoms with Crippen molar-refractivity contribution in [2.24, 2.45) is 0 Å². The molecular weight excluding hydrogens is 208 g/mol. The van der Waals surface area contributed by atoms with Crippen LogP contribution in [0.25, 0.3) is 0 Å². The van der Waals surface area contributed by atoms with E-state index in [1.807, 2.05) is 33.0 Å². The number of allylic oxidation sites excluding steroid dienone is 3. The lowest BCUT2D eigenvalue weighted by Crippen LogP contribution is -2.12. The van der Waals surface area contributed by atoms with Gasteiger partial charge in [0, 0.05) is 24.1 Å². The third-order valence-electron chi connectivity index (χ3n) is 2.46. The molecule has 1 aromatic rings. The summed E-state index contributed by atoms with van der Waals surface area (Å²) in [6, 6.07) is 4.16. The fourth-order valence-electron chi connectivity index (χ4n) is 1.55. The molecule has 0 fully saturated rings. The zero-order valence-electron chi connectivity index (χ0n) is 11.0. The van der Waals surface area contributed by atoms with Gasteiger partial charge in [-0.05, 0) is 37.5 Å². The summed E-state index contributed by atoms with van der Waals surface area (Å²) in [5.74, 6) is 0. The minimum absolute atomic E-state index is 0.851. The number of pyridine rings is 1. The molecule has 2 heteroatoms. The highest BCUT2D eigenvalue weighted by Gasteiger charge is 1.97. The van der Waals surface area contributed by atoms with Crippen LogP contribution in [0.4, 0.5) is 0 Å². The largest absolute Gasteiger partial charge is 0.381 e. The van der Waals surface area contributed by atoms with Crippen molar-refractivity contribution in [1.29, 1.82) is 0 Å². The Morgan fingerprint density at radius 3 is 2.65 bits per heavy atom. The monoisotopic (exact) mass is 230 g/mol.